The first-order valence-corrected chi connectivity index (χ1v) is 10.2. The summed E-state index contributed by atoms with van der Waals surface area (Å²) in [5, 5.41) is 0.415. The molecule has 1 heterocycles. The molecule has 4 aromatic rings. The Bertz CT molecular complexity index is 1330. The highest BCUT2D eigenvalue weighted by Crippen LogP contribution is 2.35. The van der Waals surface area contributed by atoms with Crippen LogP contribution in [0.15, 0.2) is 77.7 Å². The molecule has 0 radical (unpaired) electrons. The number of anilines is 1. The summed E-state index contributed by atoms with van der Waals surface area (Å²) in [5.74, 6) is -0.0879. The molecule has 0 aliphatic carbocycles. The predicted molar refractivity (Wildman–Crippen MR) is 125 cm³/mol. The Balaban J connectivity index is 1.66. The number of benzene rings is 3. The van der Waals surface area contributed by atoms with E-state index in [1.807, 2.05) is 49.4 Å². The first-order valence-electron chi connectivity index (χ1n) is 10.2. The number of nitrogens with one attached hydrogen (secondary N) is 2. The molecule has 0 amide bonds. The summed E-state index contributed by atoms with van der Waals surface area (Å²) < 4.78 is 5.75. The summed E-state index contributed by atoms with van der Waals surface area (Å²) in [7, 11) is 0. The number of rotatable bonds is 7. The van der Waals surface area contributed by atoms with Crippen molar-refractivity contribution in [2.45, 2.75) is 13.5 Å². The van der Waals surface area contributed by atoms with Crippen molar-refractivity contribution in [1.29, 1.82) is 0 Å². The van der Waals surface area contributed by atoms with Crippen LogP contribution in [0.4, 0.5) is 5.69 Å². The Hall–Kier alpha value is -4.10. The van der Waals surface area contributed by atoms with Crippen LogP contribution in [0.3, 0.4) is 0 Å². The number of nitrogens with two attached hydrogens (primary N) is 1. The smallest absolute Gasteiger partial charge is 0.368 e. The zero-order chi connectivity index (χ0) is 22.5. The van der Waals surface area contributed by atoms with E-state index in [2.05, 4.69) is 10.5 Å². The van der Waals surface area contributed by atoms with Gasteiger partial charge in [-0.3, -0.25) is 4.79 Å². The summed E-state index contributed by atoms with van der Waals surface area (Å²) in [5.41, 5.74) is 11.7. The van der Waals surface area contributed by atoms with Gasteiger partial charge in [0.15, 0.2) is 0 Å². The molecule has 162 valence electrons. The second kappa shape index (κ2) is 9.36. The quantitative estimate of drug-likeness (QED) is 0.380. The molecule has 32 heavy (non-hydrogen) atoms. The highest BCUT2D eigenvalue weighted by molar-refractivity contribution is 5.94. The Labute approximate surface area is 184 Å². The number of hydrogen-bond donors (Lipinski definition) is 3. The van der Waals surface area contributed by atoms with E-state index in [1.54, 1.807) is 24.3 Å². The SMILES string of the molecule is CCOc1ccccc1-c1ccc(CN)cc1NOC(=O)c1c[nH]c2ccccc2c1=O. The van der Waals surface area contributed by atoms with E-state index < -0.39 is 11.4 Å². The molecule has 4 N–H and O–H groups in total. The van der Waals surface area contributed by atoms with Gasteiger partial charge in [0.1, 0.15) is 11.3 Å². The van der Waals surface area contributed by atoms with E-state index in [0.717, 1.165) is 16.7 Å². The van der Waals surface area contributed by atoms with Crippen LogP contribution in [0.2, 0.25) is 0 Å². The van der Waals surface area contributed by atoms with Crippen LogP contribution in [-0.2, 0) is 11.4 Å². The monoisotopic (exact) mass is 429 g/mol. The van der Waals surface area contributed by atoms with Gasteiger partial charge >= 0.3 is 5.97 Å². The predicted octanol–water partition coefficient (Wildman–Crippen LogP) is 4.24. The Kier molecular flexibility index (Phi) is 6.19. The molecule has 0 atom stereocenters. The number of fused-ring (bicyclic) bond motifs is 1. The number of carbonyl (C=O) groups is 1. The van der Waals surface area contributed by atoms with Crippen molar-refractivity contribution in [2.24, 2.45) is 5.73 Å². The lowest BCUT2D eigenvalue weighted by Gasteiger charge is -2.16. The molecule has 7 nitrogen and oxygen atoms in total. The van der Waals surface area contributed by atoms with E-state index in [0.29, 0.717) is 35.5 Å². The van der Waals surface area contributed by atoms with Gasteiger partial charge in [0.2, 0.25) is 5.43 Å². The minimum atomic E-state index is -0.792. The molecule has 1 aromatic heterocycles. The van der Waals surface area contributed by atoms with Crippen molar-refractivity contribution in [2.75, 3.05) is 12.1 Å². The number of aromatic amines is 1. The van der Waals surface area contributed by atoms with Crippen LogP contribution in [0, 0.1) is 0 Å². The average molecular weight is 429 g/mol. The lowest BCUT2D eigenvalue weighted by atomic mass is 10.0. The Morgan fingerprint density at radius 3 is 2.62 bits per heavy atom. The maximum atomic E-state index is 12.7. The highest BCUT2D eigenvalue weighted by atomic mass is 16.7. The molecule has 0 unspecified atom stereocenters. The third-order valence-electron chi connectivity index (χ3n) is 5.06. The maximum absolute atomic E-state index is 12.7. The van der Waals surface area contributed by atoms with Crippen molar-refractivity contribution in [1.82, 2.24) is 4.98 Å². The van der Waals surface area contributed by atoms with Crippen LogP contribution in [0.5, 0.6) is 5.75 Å². The fourth-order valence-electron chi connectivity index (χ4n) is 3.48. The normalized spacial score (nSPS) is 10.7. The molecule has 4 rings (SSSR count). The molecule has 7 heteroatoms. The summed E-state index contributed by atoms with van der Waals surface area (Å²) in [6.07, 6.45) is 1.36. The van der Waals surface area contributed by atoms with Gasteiger partial charge in [0.05, 0.1) is 12.3 Å². The van der Waals surface area contributed by atoms with Crippen LogP contribution in [0.25, 0.3) is 22.0 Å². The largest absolute Gasteiger partial charge is 0.493 e. The first kappa shape index (κ1) is 21.1. The van der Waals surface area contributed by atoms with Crippen LogP contribution in [0.1, 0.15) is 22.8 Å². The average Bonchev–Trinajstić information content (AvgIpc) is 2.83. The standard InChI is InChI=1S/C25H23N3O4/c1-2-31-23-10-6-4-7-18(23)17-12-11-16(14-26)13-22(17)28-32-25(30)20-15-27-21-9-5-3-8-19(21)24(20)29/h3-13,15,28H,2,14,26H2,1H3,(H,27,29). The summed E-state index contributed by atoms with van der Waals surface area (Å²) >= 11 is 0. The molecular formula is C25H23N3O4. The molecule has 0 fully saturated rings. The molecule has 3 aromatic carbocycles. The van der Waals surface area contributed by atoms with E-state index >= 15 is 0 Å². The first-order chi connectivity index (χ1) is 15.6. The molecular weight excluding hydrogens is 406 g/mol. The minimum Gasteiger partial charge on any atom is -0.493 e. The second-order valence-corrected chi connectivity index (χ2v) is 7.08. The lowest BCUT2D eigenvalue weighted by Crippen LogP contribution is -2.20. The number of ether oxygens (including phenoxy) is 1. The maximum Gasteiger partial charge on any atom is 0.368 e. The molecule has 0 bridgehead atoms. The molecule has 0 aliphatic heterocycles. The fraction of sp³-hybridized carbons (Fsp3) is 0.120. The van der Waals surface area contributed by atoms with E-state index in [-0.39, 0.29) is 5.56 Å². The number of hydrogen-bond acceptors (Lipinski definition) is 6. The topological polar surface area (TPSA) is 106 Å². The fourth-order valence-corrected chi connectivity index (χ4v) is 3.48. The molecule has 0 saturated carbocycles. The van der Waals surface area contributed by atoms with Crippen molar-refractivity contribution in [3.05, 3.63) is 94.3 Å². The van der Waals surface area contributed by atoms with Crippen LogP contribution < -0.4 is 21.4 Å². The summed E-state index contributed by atoms with van der Waals surface area (Å²) in [6.45, 7) is 2.75. The lowest BCUT2D eigenvalue weighted by molar-refractivity contribution is 0.0595. The second-order valence-electron chi connectivity index (χ2n) is 7.08. The van der Waals surface area contributed by atoms with Gasteiger partial charge in [0, 0.05) is 34.8 Å². The number of carbonyl (C=O) groups excluding carboxylic acids is 1. The zero-order valence-electron chi connectivity index (χ0n) is 17.6. The van der Waals surface area contributed by atoms with Gasteiger partial charge in [-0.15, -0.1) is 0 Å². The number of aromatic nitrogens is 1. The van der Waals surface area contributed by atoms with E-state index in [4.69, 9.17) is 15.3 Å². The van der Waals surface area contributed by atoms with Gasteiger partial charge in [0.25, 0.3) is 0 Å². The van der Waals surface area contributed by atoms with Crippen molar-refractivity contribution >= 4 is 22.6 Å². The third kappa shape index (κ3) is 4.19. The number of para-hydroxylation sites is 2. The van der Waals surface area contributed by atoms with Gasteiger partial charge < -0.3 is 20.3 Å². The van der Waals surface area contributed by atoms with E-state index in [9.17, 15) is 9.59 Å². The Morgan fingerprint density at radius 2 is 1.81 bits per heavy atom. The molecule has 0 saturated heterocycles. The Morgan fingerprint density at radius 1 is 1.03 bits per heavy atom. The zero-order valence-corrected chi connectivity index (χ0v) is 17.6. The molecule has 0 aliphatic rings. The minimum absolute atomic E-state index is 0.0950. The van der Waals surface area contributed by atoms with Gasteiger partial charge in [-0.2, -0.15) is 0 Å². The van der Waals surface area contributed by atoms with Crippen LogP contribution >= 0.6 is 0 Å². The van der Waals surface area contributed by atoms with Gasteiger partial charge in [-0.05, 0) is 36.8 Å². The third-order valence-corrected chi connectivity index (χ3v) is 5.06. The number of H-pyrrole nitrogens is 1. The van der Waals surface area contributed by atoms with Gasteiger partial charge in [-0.25, -0.2) is 10.3 Å². The van der Waals surface area contributed by atoms with Crippen LogP contribution in [-0.4, -0.2) is 17.6 Å². The molecule has 0 spiro atoms. The number of pyridine rings is 1. The highest BCUT2D eigenvalue weighted by Gasteiger charge is 2.17. The van der Waals surface area contributed by atoms with Crippen molar-refractivity contribution < 1.29 is 14.4 Å². The van der Waals surface area contributed by atoms with Crippen molar-refractivity contribution in [3.63, 3.8) is 0 Å². The van der Waals surface area contributed by atoms with E-state index in [1.165, 1.54) is 6.20 Å². The van der Waals surface area contributed by atoms with Gasteiger partial charge in [-0.1, -0.05) is 42.5 Å². The summed E-state index contributed by atoms with van der Waals surface area (Å²) in [4.78, 5) is 33.7. The summed E-state index contributed by atoms with van der Waals surface area (Å²) in [6, 6.07) is 20.2. The van der Waals surface area contributed by atoms with Crippen molar-refractivity contribution in [3.8, 4) is 16.9 Å².